The first-order chi connectivity index (χ1) is 9.61. The minimum Gasteiger partial charge on any atom is -0.409 e. The predicted molar refractivity (Wildman–Crippen MR) is 73.4 cm³/mol. The molecule has 2 aromatic rings. The lowest BCUT2D eigenvalue weighted by atomic mass is 10.1. The molecule has 0 spiro atoms. The highest BCUT2D eigenvalue weighted by molar-refractivity contribution is 6.01. The molecule has 1 heterocycles. The molecule has 7 heteroatoms. The second kappa shape index (κ2) is 5.87. The maximum absolute atomic E-state index is 12.0. The van der Waals surface area contributed by atoms with Gasteiger partial charge >= 0.3 is 0 Å². The van der Waals surface area contributed by atoms with Crippen LogP contribution in [0.5, 0.6) is 0 Å². The number of rotatable bonds is 4. The van der Waals surface area contributed by atoms with E-state index in [1.54, 1.807) is 30.5 Å². The summed E-state index contributed by atoms with van der Waals surface area (Å²) in [7, 11) is 0. The first-order valence-corrected chi connectivity index (χ1v) is 5.97. The third-order valence-corrected chi connectivity index (χ3v) is 2.90. The molecule has 0 aliphatic rings. The molecule has 1 aromatic carbocycles. The number of nitrogens with one attached hydrogen (secondary N) is 2. The minimum atomic E-state index is -0.238. The average Bonchev–Trinajstić information content (AvgIpc) is 2.89. The molecule has 0 fully saturated rings. The van der Waals surface area contributed by atoms with Gasteiger partial charge in [-0.3, -0.25) is 9.89 Å². The summed E-state index contributed by atoms with van der Waals surface area (Å²) in [5.41, 5.74) is 8.25. The van der Waals surface area contributed by atoms with Gasteiger partial charge in [0.15, 0.2) is 5.84 Å². The Morgan fingerprint density at radius 3 is 2.90 bits per heavy atom. The highest BCUT2D eigenvalue weighted by atomic mass is 16.4. The van der Waals surface area contributed by atoms with Crippen LogP contribution < -0.4 is 11.1 Å². The van der Waals surface area contributed by atoms with Crippen LogP contribution in [0.15, 0.2) is 35.6 Å². The number of aromatic nitrogens is 2. The number of carbonyl (C=O) groups is 1. The summed E-state index contributed by atoms with van der Waals surface area (Å²) in [6.45, 7) is 2.27. The van der Waals surface area contributed by atoms with Gasteiger partial charge in [0.25, 0.3) is 5.91 Å². The first-order valence-electron chi connectivity index (χ1n) is 5.97. The minimum absolute atomic E-state index is 0.0367. The second-order valence-corrected chi connectivity index (χ2v) is 4.27. The number of hydrogen-bond acceptors (Lipinski definition) is 4. The van der Waals surface area contributed by atoms with Crippen molar-refractivity contribution in [2.24, 2.45) is 10.9 Å². The highest BCUT2D eigenvalue weighted by Gasteiger charge is 2.09. The zero-order chi connectivity index (χ0) is 14.5. The Hall–Kier alpha value is -2.83. The molecule has 0 unspecified atom stereocenters. The van der Waals surface area contributed by atoms with Crippen LogP contribution in [0.2, 0.25) is 0 Å². The van der Waals surface area contributed by atoms with Crippen molar-refractivity contribution in [3.63, 3.8) is 0 Å². The van der Waals surface area contributed by atoms with E-state index in [1.165, 1.54) is 0 Å². The molecule has 0 radical (unpaired) electrons. The molecule has 1 aromatic heterocycles. The van der Waals surface area contributed by atoms with E-state index in [9.17, 15) is 4.79 Å². The number of carbonyl (C=O) groups excluding carboxylic acids is 1. The molecule has 0 saturated heterocycles. The molecular formula is C13H15N5O2. The maximum Gasteiger partial charge on any atom is 0.251 e. The number of benzene rings is 1. The molecule has 0 aliphatic carbocycles. The van der Waals surface area contributed by atoms with E-state index in [-0.39, 0.29) is 11.7 Å². The van der Waals surface area contributed by atoms with Crippen molar-refractivity contribution in [3.05, 3.63) is 52.8 Å². The normalized spacial score (nSPS) is 11.3. The molecule has 1 amide bonds. The molecule has 0 atom stereocenters. The summed E-state index contributed by atoms with van der Waals surface area (Å²) < 4.78 is 0. The fraction of sp³-hybridized carbons (Fsp3) is 0.154. The standard InChI is InChI=1S/C13H15N5O2/c1-8-11(7-16-17-8)6-15-13(19)10-4-2-3-9(5-10)12(14)18-20/h2-5,7,20H,6H2,1H3,(H2,14,18)(H,15,19)(H,16,17). The Morgan fingerprint density at radius 2 is 2.25 bits per heavy atom. The van der Waals surface area contributed by atoms with Crippen molar-refractivity contribution in [2.75, 3.05) is 0 Å². The number of H-pyrrole nitrogens is 1. The van der Waals surface area contributed by atoms with Crippen molar-refractivity contribution in [1.82, 2.24) is 15.5 Å². The van der Waals surface area contributed by atoms with E-state index in [1.807, 2.05) is 6.92 Å². The highest BCUT2D eigenvalue weighted by Crippen LogP contribution is 2.07. The third-order valence-electron chi connectivity index (χ3n) is 2.90. The molecule has 104 valence electrons. The Labute approximate surface area is 115 Å². The second-order valence-electron chi connectivity index (χ2n) is 4.27. The molecule has 7 nitrogen and oxygen atoms in total. The Bertz CT molecular complexity index is 648. The van der Waals surface area contributed by atoms with Gasteiger partial charge in [-0.1, -0.05) is 17.3 Å². The Morgan fingerprint density at radius 1 is 1.50 bits per heavy atom. The van der Waals surface area contributed by atoms with E-state index in [4.69, 9.17) is 10.9 Å². The van der Waals surface area contributed by atoms with Gasteiger partial charge in [0, 0.05) is 28.9 Å². The molecular weight excluding hydrogens is 258 g/mol. The van der Waals surface area contributed by atoms with E-state index in [2.05, 4.69) is 20.7 Å². The maximum atomic E-state index is 12.0. The van der Waals surface area contributed by atoms with Gasteiger partial charge in [-0.15, -0.1) is 0 Å². The van der Waals surface area contributed by atoms with E-state index in [0.29, 0.717) is 17.7 Å². The van der Waals surface area contributed by atoms with Crippen molar-refractivity contribution in [1.29, 1.82) is 0 Å². The summed E-state index contributed by atoms with van der Waals surface area (Å²) in [5.74, 6) is -0.275. The zero-order valence-corrected chi connectivity index (χ0v) is 10.9. The van der Waals surface area contributed by atoms with Gasteiger partial charge in [0.05, 0.1) is 6.20 Å². The number of aryl methyl sites for hydroxylation is 1. The number of amides is 1. The molecule has 20 heavy (non-hydrogen) atoms. The number of nitrogens with two attached hydrogens (primary N) is 1. The van der Waals surface area contributed by atoms with Crippen LogP contribution in [0.1, 0.15) is 27.2 Å². The van der Waals surface area contributed by atoms with Crippen molar-refractivity contribution in [3.8, 4) is 0 Å². The molecule has 0 aliphatic heterocycles. The van der Waals surface area contributed by atoms with Crippen LogP contribution in [0.3, 0.4) is 0 Å². The number of oxime groups is 1. The van der Waals surface area contributed by atoms with E-state index < -0.39 is 0 Å². The SMILES string of the molecule is Cc1[nH]ncc1CNC(=O)c1cccc(C(N)=NO)c1. The summed E-state index contributed by atoms with van der Waals surface area (Å²) in [6, 6.07) is 6.55. The van der Waals surface area contributed by atoms with Gasteiger partial charge in [0.2, 0.25) is 0 Å². The van der Waals surface area contributed by atoms with Crippen molar-refractivity contribution in [2.45, 2.75) is 13.5 Å². The largest absolute Gasteiger partial charge is 0.409 e. The fourth-order valence-corrected chi connectivity index (χ4v) is 1.71. The molecule has 5 N–H and O–H groups in total. The quantitative estimate of drug-likeness (QED) is 0.284. The Kier molecular flexibility index (Phi) is 3.99. The van der Waals surface area contributed by atoms with E-state index in [0.717, 1.165) is 11.3 Å². The third kappa shape index (κ3) is 2.94. The average molecular weight is 273 g/mol. The summed E-state index contributed by atoms with van der Waals surface area (Å²) >= 11 is 0. The van der Waals surface area contributed by atoms with Gasteiger partial charge in [-0.25, -0.2) is 0 Å². The lowest BCUT2D eigenvalue weighted by molar-refractivity contribution is 0.0951. The monoisotopic (exact) mass is 273 g/mol. The zero-order valence-electron chi connectivity index (χ0n) is 10.9. The van der Waals surface area contributed by atoms with Gasteiger partial charge in [-0.05, 0) is 19.1 Å². The van der Waals surface area contributed by atoms with Crippen molar-refractivity contribution < 1.29 is 10.0 Å². The topological polar surface area (TPSA) is 116 Å². The van der Waals surface area contributed by atoms with Gasteiger partial charge in [-0.2, -0.15) is 5.10 Å². The lowest BCUT2D eigenvalue weighted by Gasteiger charge is -2.06. The van der Waals surface area contributed by atoms with Gasteiger partial charge in [0.1, 0.15) is 0 Å². The Balaban J connectivity index is 2.08. The van der Waals surface area contributed by atoms with Crippen LogP contribution in [0.25, 0.3) is 0 Å². The number of hydrogen-bond donors (Lipinski definition) is 4. The molecule has 2 rings (SSSR count). The summed E-state index contributed by atoms with van der Waals surface area (Å²) in [5, 5.41) is 21.0. The first kappa shape index (κ1) is 13.6. The lowest BCUT2D eigenvalue weighted by Crippen LogP contribution is -2.23. The smallest absolute Gasteiger partial charge is 0.251 e. The fourth-order valence-electron chi connectivity index (χ4n) is 1.71. The van der Waals surface area contributed by atoms with Crippen molar-refractivity contribution >= 4 is 11.7 Å². The van der Waals surface area contributed by atoms with Crippen LogP contribution in [-0.4, -0.2) is 27.1 Å². The van der Waals surface area contributed by atoms with Gasteiger partial charge < -0.3 is 16.3 Å². The number of amidine groups is 1. The molecule has 0 saturated carbocycles. The predicted octanol–water partition coefficient (Wildman–Crippen LogP) is 0.743. The van der Waals surface area contributed by atoms with Crippen LogP contribution >= 0.6 is 0 Å². The van der Waals surface area contributed by atoms with Crippen LogP contribution in [0, 0.1) is 6.92 Å². The summed E-state index contributed by atoms with van der Waals surface area (Å²) in [6.07, 6.45) is 1.67. The summed E-state index contributed by atoms with van der Waals surface area (Å²) in [4.78, 5) is 12.0. The number of aromatic amines is 1. The van der Waals surface area contributed by atoms with Crippen LogP contribution in [0.4, 0.5) is 0 Å². The number of nitrogens with zero attached hydrogens (tertiary/aromatic N) is 2. The molecule has 0 bridgehead atoms. The van der Waals surface area contributed by atoms with E-state index >= 15 is 0 Å². The van der Waals surface area contributed by atoms with Crippen LogP contribution in [-0.2, 0) is 6.54 Å².